The van der Waals surface area contributed by atoms with Gasteiger partial charge < -0.3 is 14.6 Å². The summed E-state index contributed by atoms with van der Waals surface area (Å²) in [5.41, 5.74) is -0.0189. The third-order valence-electron chi connectivity index (χ3n) is 5.19. The van der Waals surface area contributed by atoms with E-state index in [2.05, 4.69) is 6.92 Å². The monoisotopic (exact) mass is 368 g/mol. The molecule has 0 bridgehead atoms. The van der Waals surface area contributed by atoms with Gasteiger partial charge in [-0.2, -0.15) is 0 Å². The highest BCUT2D eigenvalue weighted by Gasteiger charge is 2.28. The number of aromatic nitrogens is 1. The summed E-state index contributed by atoms with van der Waals surface area (Å²) in [7, 11) is 0. The van der Waals surface area contributed by atoms with E-state index >= 15 is 0 Å². The summed E-state index contributed by atoms with van der Waals surface area (Å²) in [5.74, 6) is -1.24. The van der Waals surface area contributed by atoms with Crippen molar-refractivity contribution in [3.63, 3.8) is 0 Å². The fraction of sp³-hybridized carbons (Fsp3) is 0.381. The minimum absolute atomic E-state index is 0.0558. The first-order chi connectivity index (χ1) is 13.0. The molecule has 1 amide bonds. The van der Waals surface area contributed by atoms with Gasteiger partial charge in [0.25, 0.3) is 5.91 Å². The number of carboxylic acid groups (broad SMARTS) is 1. The first-order valence-corrected chi connectivity index (χ1v) is 9.30. The lowest BCUT2D eigenvalue weighted by Gasteiger charge is -2.17. The van der Waals surface area contributed by atoms with E-state index in [9.17, 15) is 19.5 Å². The first kappa shape index (κ1) is 18.9. The fourth-order valence-corrected chi connectivity index (χ4v) is 3.49. The van der Waals surface area contributed by atoms with Gasteiger partial charge >= 0.3 is 5.97 Å². The molecular weight excluding hydrogens is 344 g/mol. The third kappa shape index (κ3) is 4.27. The Balaban J connectivity index is 1.88. The van der Waals surface area contributed by atoms with Crippen LogP contribution in [-0.2, 0) is 13.0 Å². The van der Waals surface area contributed by atoms with Gasteiger partial charge in [0, 0.05) is 32.0 Å². The highest BCUT2D eigenvalue weighted by Crippen LogP contribution is 2.20. The zero-order chi connectivity index (χ0) is 19.4. The smallest absolute Gasteiger partial charge is 0.341 e. The number of carbonyl (C=O) groups is 2. The number of pyridine rings is 1. The molecule has 27 heavy (non-hydrogen) atoms. The van der Waals surface area contributed by atoms with Crippen LogP contribution < -0.4 is 5.43 Å². The van der Waals surface area contributed by atoms with E-state index in [0.717, 1.165) is 18.4 Å². The molecule has 2 heterocycles. The SMILES string of the molecule is CCC1CCN(C(=O)c2cn(CCc3ccccc3)cc(C(=O)O)c2=O)C1. The molecule has 1 aliphatic rings. The van der Waals surface area contributed by atoms with Crippen molar-refractivity contribution in [3.8, 4) is 0 Å². The first-order valence-electron chi connectivity index (χ1n) is 9.30. The number of aromatic carboxylic acids is 1. The molecule has 0 aliphatic carbocycles. The standard InChI is InChI=1S/C21H24N2O4/c1-2-15-9-11-23(12-15)20(25)17-13-22(14-18(19(17)24)21(26)27)10-8-16-6-4-3-5-7-16/h3-7,13-15H,2,8-12H2,1H3,(H,26,27). The maximum Gasteiger partial charge on any atom is 0.341 e. The minimum atomic E-state index is -1.31. The normalized spacial score (nSPS) is 16.5. The highest BCUT2D eigenvalue weighted by atomic mass is 16.4. The van der Waals surface area contributed by atoms with Crippen molar-refractivity contribution in [2.75, 3.05) is 13.1 Å². The number of hydrogen-bond donors (Lipinski definition) is 1. The Morgan fingerprint density at radius 3 is 2.48 bits per heavy atom. The molecule has 0 radical (unpaired) electrons. The lowest BCUT2D eigenvalue weighted by atomic mass is 10.1. The number of benzene rings is 1. The number of hydrogen-bond acceptors (Lipinski definition) is 3. The Bertz CT molecular complexity index is 889. The number of likely N-dealkylation sites (tertiary alicyclic amines) is 1. The van der Waals surface area contributed by atoms with E-state index in [1.165, 1.54) is 12.4 Å². The number of carboxylic acids is 1. The van der Waals surface area contributed by atoms with Crippen molar-refractivity contribution >= 4 is 11.9 Å². The van der Waals surface area contributed by atoms with Gasteiger partial charge in [-0.3, -0.25) is 9.59 Å². The van der Waals surface area contributed by atoms with Crippen molar-refractivity contribution in [3.05, 3.63) is 69.6 Å². The van der Waals surface area contributed by atoms with Gasteiger partial charge in [-0.15, -0.1) is 0 Å². The summed E-state index contributed by atoms with van der Waals surface area (Å²) in [4.78, 5) is 38.6. The Hall–Kier alpha value is -2.89. The summed E-state index contributed by atoms with van der Waals surface area (Å²) in [5, 5.41) is 9.39. The van der Waals surface area contributed by atoms with E-state index in [0.29, 0.717) is 32.0 Å². The average molecular weight is 368 g/mol. The molecule has 1 aromatic heterocycles. The van der Waals surface area contributed by atoms with Crippen LogP contribution in [0.4, 0.5) is 0 Å². The predicted molar refractivity (Wildman–Crippen MR) is 102 cm³/mol. The maximum atomic E-state index is 12.9. The van der Waals surface area contributed by atoms with E-state index in [1.807, 2.05) is 30.3 Å². The second-order valence-corrected chi connectivity index (χ2v) is 7.01. The molecule has 1 aliphatic heterocycles. The molecule has 1 saturated heterocycles. The van der Waals surface area contributed by atoms with Crippen LogP contribution in [0.2, 0.25) is 0 Å². The zero-order valence-electron chi connectivity index (χ0n) is 15.4. The fourth-order valence-electron chi connectivity index (χ4n) is 3.49. The number of aryl methyl sites for hydroxylation is 2. The predicted octanol–water partition coefficient (Wildman–Crippen LogP) is 2.66. The van der Waals surface area contributed by atoms with Crippen molar-refractivity contribution in [1.29, 1.82) is 0 Å². The van der Waals surface area contributed by atoms with Crippen molar-refractivity contribution in [2.24, 2.45) is 5.92 Å². The summed E-state index contributed by atoms with van der Waals surface area (Å²) < 4.78 is 1.64. The van der Waals surface area contributed by atoms with Crippen LogP contribution in [0.1, 0.15) is 46.0 Å². The van der Waals surface area contributed by atoms with Crippen LogP contribution in [0.5, 0.6) is 0 Å². The average Bonchev–Trinajstić information content (AvgIpc) is 3.16. The Morgan fingerprint density at radius 2 is 1.85 bits per heavy atom. The number of amides is 1. The van der Waals surface area contributed by atoms with Crippen LogP contribution in [0.15, 0.2) is 47.5 Å². The molecule has 142 valence electrons. The minimum Gasteiger partial charge on any atom is -0.477 e. The van der Waals surface area contributed by atoms with Gasteiger partial charge in [0.05, 0.1) is 0 Å². The van der Waals surface area contributed by atoms with Crippen LogP contribution in [-0.4, -0.2) is 39.5 Å². The van der Waals surface area contributed by atoms with Gasteiger partial charge in [-0.25, -0.2) is 4.79 Å². The van der Waals surface area contributed by atoms with Crippen molar-refractivity contribution in [2.45, 2.75) is 32.7 Å². The molecule has 1 unspecified atom stereocenters. The Labute approximate surface area is 158 Å². The molecule has 1 atom stereocenters. The molecule has 1 N–H and O–H groups in total. The summed E-state index contributed by atoms with van der Waals surface area (Å²) in [6, 6.07) is 9.79. The largest absolute Gasteiger partial charge is 0.477 e. The van der Waals surface area contributed by atoms with Crippen LogP contribution in [0, 0.1) is 5.92 Å². The van der Waals surface area contributed by atoms with E-state index in [1.54, 1.807) is 9.47 Å². The van der Waals surface area contributed by atoms with Gasteiger partial charge in [-0.05, 0) is 24.3 Å². The van der Waals surface area contributed by atoms with Crippen molar-refractivity contribution < 1.29 is 14.7 Å². The maximum absolute atomic E-state index is 12.9. The zero-order valence-corrected chi connectivity index (χ0v) is 15.4. The molecule has 6 heteroatoms. The number of rotatable bonds is 6. The topological polar surface area (TPSA) is 79.6 Å². The third-order valence-corrected chi connectivity index (χ3v) is 5.19. The quantitative estimate of drug-likeness (QED) is 0.850. The molecule has 3 rings (SSSR count). The van der Waals surface area contributed by atoms with Crippen molar-refractivity contribution in [1.82, 2.24) is 9.47 Å². The van der Waals surface area contributed by atoms with E-state index in [4.69, 9.17) is 0 Å². The molecule has 6 nitrogen and oxygen atoms in total. The lowest BCUT2D eigenvalue weighted by molar-refractivity contribution is 0.0694. The Morgan fingerprint density at radius 1 is 1.15 bits per heavy atom. The molecule has 0 spiro atoms. The molecule has 1 aromatic carbocycles. The summed E-state index contributed by atoms with van der Waals surface area (Å²) in [6.07, 6.45) is 5.41. The van der Waals surface area contributed by atoms with Gasteiger partial charge in [0.15, 0.2) is 0 Å². The molecule has 1 fully saturated rings. The van der Waals surface area contributed by atoms with E-state index < -0.39 is 11.4 Å². The van der Waals surface area contributed by atoms with Gasteiger partial charge in [0.2, 0.25) is 5.43 Å². The van der Waals surface area contributed by atoms with Crippen LogP contribution >= 0.6 is 0 Å². The van der Waals surface area contributed by atoms with Gasteiger partial charge in [-0.1, -0.05) is 43.7 Å². The summed E-state index contributed by atoms with van der Waals surface area (Å²) >= 11 is 0. The van der Waals surface area contributed by atoms with Gasteiger partial charge in [0.1, 0.15) is 11.1 Å². The highest BCUT2D eigenvalue weighted by molar-refractivity contribution is 5.97. The van der Waals surface area contributed by atoms with E-state index in [-0.39, 0.29) is 17.0 Å². The Kier molecular flexibility index (Phi) is 5.74. The molecular formula is C21H24N2O4. The second kappa shape index (κ2) is 8.20. The molecule has 0 saturated carbocycles. The molecule has 2 aromatic rings. The number of carbonyl (C=O) groups excluding carboxylic acids is 1. The summed E-state index contributed by atoms with van der Waals surface area (Å²) in [6.45, 7) is 3.80. The number of nitrogens with zero attached hydrogens (tertiary/aromatic N) is 2. The van der Waals surface area contributed by atoms with Crippen LogP contribution in [0.25, 0.3) is 0 Å². The van der Waals surface area contributed by atoms with Crippen LogP contribution in [0.3, 0.4) is 0 Å². The lowest BCUT2D eigenvalue weighted by Crippen LogP contribution is -2.35. The second-order valence-electron chi connectivity index (χ2n) is 7.01.